The summed E-state index contributed by atoms with van der Waals surface area (Å²) in [6.45, 7) is 1.88. The van der Waals surface area contributed by atoms with Crippen LogP contribution in [-0.2, 0) is 11.2 Å². The molecule has 1 unspecified atom stereocenters. The Labute approximate surface area is 77.4 Å². The van der Waals surface area contributed by atoms with Gasteiger partial charge >= 0.3 is 5.97 Å². The molecule has 0 bridgehead atoms. The first-order chi connectivity index (χ1) is 6.24. The molecule has 0 saturated heterocycles. The van der Waals surface area contributed by atoms with Crippen molar-refractivity contribution < 1.29 is 9.90 Å². The van der Waals surface area contributed by atoms with Crippen molar-refractivity contribution in [1.29, 1.82) is 0 Å². The Morgan fingerprint density at radius 1 is 1.69 bits per heavy atom. The third-order valence-corrected chi connectivity index (χ3v) is 2.05. The number of nitrogens with zero attached hydrogens (tertiary/aromatic N) is 1. The zero-order valence-electron chi connectivity index (χ0n) is 7.60. The summed E-state index contributed by atoms with van der Waals surface area (Å²) >= 11 is 0. The van der Waals surface area contributed by atoms with E-state index < -0.39 is 5.97 Å². The number of aromatic nitrogens is 1. The van der Waals surface area contributed by atoms with Crippen LogP contribution in [0.25, 0.3) is 0 Å². The summed E-state index contributed by atoms with van der Waals surface area (Å²) in [4.78, 5) is 14.7. The van der Waals surface area contributed by atoms with Gasteiger partial charge in [0.15, 0.2) is 0 Å². The minimum Gasteiger partial charge on any atom is -0.481 e. The van der Waals surface area contributed by atoms with E-state index in [0.717, 1.165) is 5.56 Å². The van der Waals surface area contributed by atoms with Gasteiger partial charge in [-0.25, -0.2) is 0 Å². The number of carboxylic acids is 1. The van der Waals surface area contributed by atoms with Crippen molar-refractivity contribution in [2.75, 3.05) is 0 Å². The fraction of sp³-hybridized carbons (Fsp3) is 0.400. The SMILES string of the molecule is CCC(Cc1cccnc1)C(=O)O. The molecule has 0 fully saturated rings. The van der Waals surface area contributed by atoms with Gasteiger partial charge in [-0.05, 0) is 24.5 Å². The Kier molecular flexibility index (Phi) is 3.43. The van der Waals surface area contributed by atoms with Crippen LogP contribution in [0, 0.1) is 5.92 Å². The molecular weight excluding hydrogens is 166 g/mol. The molecule has 70 valence electrons. The van der Waals surface area contributed by atoms with Crippen molar-refractivity contribution in [3.63, 3.8) is 0 Å². The lowest BCUT2D eigenvalue weighted by Gasteiger charge is -2.08. The maximum Gasteiger partial charge on any atom is 0.306 e. The van der Waals surface area contributed by atoms with Crippen LogP contribution in [0.4, 0.5) is 0 Å². The minimum absolute atomic E-state index is 0.288. The summed E-state index contributed by atoms with van der Waals surface area (Å²) in [5.74, 6) is -1.02. The van der Waals surface area contributed by atoms with Crippen LogP contribution in [0.15, 0.2) is 24.5 Å². The van der Waals surface area contributed by atoms with Crippen LogP contribution in [-0.4, -0.2) is 16.1 Å². The van der Waals surface area contributed by atoms with E-state index in [9.17, 15) is 4.79 Å². The molecule has 3 nitrogen and oxygen atoms in total. The van der Waals surface area contributed by atoms with Gasteiger partial charge in [-0.3, -0.25) is 9.78 Å². The first kappa shape index (κ1) is 9.71. The van der Waals surface area contributed by atoms with Crippen molar-refractivity contribution in [1.82, 2.24) is 4.98 Å². The molecule has 0 aliphatic rings. The predicted molar refractivity (Wildman–Crippen MR) is 49.4 cm³/mol. The van der Waals surface area contributed by atoms with E-state index in [0.29, 0.717) is 12.8 Å². The van der Waals surface area contributed by atoms with Gasteiger partial charge in [0.2, 0.25) is 0 Å². The third-order valence-electron chi connectivity index (χ3n) is 2.05. The Morgan fingerprint density at radius 2 is 2.46 bits per heavy atom. The Bertz CT molecular complexity index is 272. The molecule has 0 aliphatic carbocycles. The van der Waals surface area contributed by atoms with E-state index >= 15 is 0 Å². The molecule has 0 radical (unpaired) electrons. The molecule has 1 atom stereocenters. The highest BCUT2D eigenvalue weighted by atomic mass is 16.4. The number of hydrogen-bond acceptors (Lipinski definition) is 2. The summed E-state index contributed by atoms with van der Waals surface area (Å²) in [6, 6.07) is 3.72. The minimum atomic E-state index is -0.730. The van der Waals surface area contributed by atoms with Crippen LogP contribution < -0.4 is 0 Å². The highest BCUT2D eigenvalue weighted by molar-refractivity contribution is 5.70. The standard InChI is InChI=1S/C10H13NO2/c1-2-9(10(12)13)6-8-4-3-5-11-7-8/h3-5,7,9H,2,6H2,1H3,(H,12,13). The monoisotopic (exact) mass is 179 g/mol. The molecule has 1 aromatic heterocycles. The lowest BCUT2D eigenvalue weighted by atomic mass is 9.98. The lowest BCUT2D eigenvalue weighted by molar-refractivity contribution is -0.141. The molecule has 0 spiro atoms. The first-order valence-electron chi connectivity index (χ1n) is 4.35. The van der Waals surface area contributed by atoms with E-state index in [1.165, 1.54) is 0 Å². The van der Waals surface area contributed by atoms with Crippen molar-refractivity contribution in [3.05, 3.63) is 30.1 Å². The second-order valence-electron chi connectivity index (χ2n) is 3.01. The van der Waals surface area contributed by atoms with Crippen molar-refractivity contribution in [2.24, 2.45) is 5.92 Å². The largest absolute Gasteiger partial charge is 0.481 e. The second-order valence-corrected chi connectivity index (χ2v) is 3.01. The van der Waals surface area contributed by atoms with Crippen LogP contribution in [0.1, 0.15) is 18.9 Å². The van der Waals surface area contributed by atoms with Crippen LogP contribution in [0.5, 0.6) is 0 Å². The first-order valence-corrected chi connectivity index (χ1v) is 4.35. The van der Waals surface area contributed by atoms with Crippen LogP contribution in [0.3, 0.4) is 0 Å². The molecule has 1 rings (SSSR count). The maximum atomic E-state index is 10.7. The van der Waals surface area contributed by atoms with Gasteiger partial charge in [0, 0.05) is 12.4 Å². The van der Waals surface area contributed by atoms with Gasteiger partial charge in [-0.15, -0.1) is 0 Å². The second kappa shape index (κ2) is 4.60. The van der Waals surface area contributed by atoms with E-state index in [2.05, 4.69) is 4.98 Å². The molecule has 0 aliphatic heterocycles. The number of pyridine rings is 1. The van der Waals surface area contributed by atoms with Gasteiger partial charge in [0.25, 0.3) is 0 Å². The van der Waals surface area contributed by atoms with Gasteiger partial charge < -0.3 is 5.11 Å². The van der Waals surface area contributed by atoms with Crippen molar-refractivity contribution >= 4 is 5.97 Å². The molecule has 0 aromatic carbocycles. The predicted octanol–water partition coefficient (Wildman–Crippen LogP) is 1.73. The third kappa shape index (κ3) is 2.86. The molecule has 1 heterocycles. The van der Waals surface area contributed by atoms with Crippen LogP contribution >= 0.6 is 0 Å². The highest BCUT2D eigenvalue weighted by Gasteiger charge is 2.14. The van der Waals surface area contributed by atoms with Gasteiger partial charge in [0.05, 0.1) is 5.92 Å². The van der Waals surface area contributed by atoms with Crippen molar-refractivity contribution in [3.8, 4) is 0 Å². The summed E-state index contributed by atoms with van der Waals surface area (Å²) in [5, 5.41) is 8.81. The van der Waals surface area contributed by atoms with Crippen molar-refractivity contribution in [2.45, 2.75) is 19.8 Å². The summed E-state index contributed by atoms with van der Waals surface area (Å²) < 4.78 is 0. The number of carboxylic acid groups (broad SMARTS) is 1. The number of rotatable bonds is 4. The fourth-order valence-electron chi connectivity index (χ4n) is 1.21. The molecular formula is C10H13NO2. The van der Waals surface area contributed by atoms with Gasteiger partial charge in [-0.2, -0.15) is 0 Å². The summed E-state index contributed by atoms with van der Waals surface area (Å²) in [7, 11) is 0. The lowest BCUT2D eigenvalue weighted by Crippen LogP contribution is -2.15. The van der Waals surface area contributed by atoms with E-state index in [1.54, 1.807) is 12.4 Å². The smallest absolute Gasteiger partial charge is 0.306 e. The molecule has 1 aromatic rings. The number of aliphatic carboxylic acids is 1. The Morgan fingerprint density at radius 3 is 2.92 bits per heavy atom. The topological polar surface area (TPSA) is 50.2 Å². The van der Waals surface area contributed by atoms with E-state index in [-0.39, 0.29) is 5.92 Å². The zero-order chi connectivity index (χ0) is 9.68. The van der Waals surface area contributed by atoms with Gasteiger partial charge in [-0.1, -0.05) is 13.0 Å². The normalized spacial score (nSPS) is 12.4. The van der Waals surface area contributed by atoms with Gasteiger partial charge in [0.1, 0.15) is 0 Å². The molecule has 0 amide bonds. The molecule has 13 heavy (non-hydrogen) atoms. The fourth-order valence-corrected chi connectivity index (χ4v) is 1.21. The average Bonchev–Trinajstić information content (AvgIpc) is 2.15. The van der Waals surface area contributed by atoms with E-state index in [4.69, 9.17) is 5.11 Å². The molecule has 0 saturated carbocycles. The maximum absolute atomic E-state index is 10.7. The number of hydrogen-bond donors (Lipinski definition) is 1. The quantitative estimate of drug-likeness (QED) is 0.765. The molecule has 3 heteroatoms. The van der Waals surface area contributed by atoms with E-state index in [1.807, 2.05) is 19.1 Å². The Balaban J connectivity index is 2.62. The van der Waals surface area contributed by atoms with Crippen LogP contribution in [0.2, 0.25) is 0 Å². The summed E-state index contributed by atoms with van der Waals surface area (Å²) in [5.41, 5.74) is 0.983. The summed E-state index contributed by atoms with van der Waals surface area (Å²) in [6.07, 6.45) is 4.63. The highest BCUT2D eigenvalue weighted by Crippen LogP contribution is 2.10. The zero-order valence-corrected chi connectivity index (χ0v) is 7.60. The molecule has 1 N–H and O–H groups in total. The Hall–Kier alpha value is -1.38. The average molecular weight is 179 g/mol. The number of carbonyl (C=O) groups is 1.